The molecule has 0 bridgehead atoms. The summed E-state index contributed by atoms with van der Waals surface area (Å²) in [6, 6.07) is 1.75. The summed E-state index contributed by atoms with van der Waals surface area (Å²) in [7, 11) is 1.57. The zero-order valence-electron chi connectivity index (χ0n) is 13.3. The van der Waals surface area contributed by atoms with E-state index in [0.717, 1.165) is 24.9 Å². The van der Waals surface area contributed by atoms with E-state index in [-0.39, 0.29) is 18.1 Å². The lowest BCUT2D eigenvalue weighted by Crippen LogP contribution is -2.42. The van der Waals surface area contributed by atoms with Gasteiger partial charge in [-0.2, -0.15) is 5.10 Å². The number of carbonyl (C=O) groups is 1. The summed E-state index contributed by atoms with van der Waals surface area (Å²) in [6.07, 6.45) is 5.48. The van der Waals surface area contributed by atoms with E-state index in [4.69, 9.17) is 9.47 Å². The number of aromatic nitrogens is 2. The number of nitrogens with zero attached hydrogens (tertiary/aromatic N) is 2. The second-order valence-corrected chi connectivity index (χ2v) is 6.38. The normalized spacial score (nSPS) is 21.1. The Morgan fingerprint density at radius 1 is 1.61 bits per heavy atom. The van der Waals surface area contributed by atoms with Crippen LogP contribution in [-0.4, -0.2) is 35.4 Å². The Hall–Kier alpha value is -1.86. The van der Waals surface area contributed by atoms with E-state index in [1.54, 1.807) is 13.2 Å². The molecule has 1 amide bonds. The summed E-state index contributed by atoms with van der Waals surface area (Å²) >= 11 is 1.38. The van der Waals surface area contributed by atoms with Crippen LogP contribution >= 0.6 is 11.3 Å². The van der Waals surface area contributed by atoms with Gasteiger partial charge in [-0.1, -0.05) is 0 Å². The number of carbonyl (C=O) groups excluding carboxylic acids is 1. The van der Waals surface area contributed by atoms with Gasteiger partial charge in [0.1, 0.15) is 16.7 Å². The number of nitrogens with one attached hydrogen (secondary N) is 1. The van der Waals surface area contributed by atoms with Gasteiger partial charge in [-0.3, -0.25) is 9.48 Å². The smallest absolute Gasteiger partial charge is 0.265 e. The highest BCUT2D eigenvalue weighted by Crippen LogP contribution is 2.30. The SMILES string of the molecule is CCn1cc([C@H]2OCCC[C@@H]2NC(=O)c2sccc2OC)cn1. The van der Waals surface area contributed by atoms with Crippen LogP contribution in [0.1, 0.15) is 41.1 Å². The Balaban J connectivity index is 1.75. The first-order valence-electron chi connectivity index (χ1n) is 7.79. The van der Waals surface area contributed by atoms with Crippen molar-refractivity contribution in [1.82, 2.24) is 15.1 Å². The van der Waals surface area contributed by atoms with Crippen molar-refractivity contribution < 1.29 is 14.3 Å². The van der Waals surface area contributed by atoms with Crippen LogP contribution in [0.4, 0.5) is 0 Å². The molecule has 0 aromatic carbocycles. The topological polar surface area (TPSA) is 65.4 Å². The molecule has 23 heavy (non-hydrogen) atoms. The summed E-state index contributed by atoms with van der Waals surface area (Å²) in [5.74, 6) is 0.500. The summed E-state index contributed by atoms with van der Waals surface area (Å²) in [5, 5.41) is 9.26. The third-order valence-corrected chi connectivity index (χ3v) is 4.89. The van der Waals surface area contributed by atoms with Gasteiger partial charge >= 0.3 is 0 Å². The van der Waals surface area contributed by atoms with Gasteiger partial charge < -0.3 is 14.8 Å². The van der Waals surface area contributed by atoms with Gasteiger partial charge in [-0.25, -0.2) is 0 Å². The van der Waals surface area contributed by atoms with Gasteiger partial charge in [0.05, 0.1) is 19.3 Å². The molecule has 0 unspecified atom stereocenters. The quantitative estimate of drug-likeness (QED) is 0.912. The van der Waals surface area contributed by atoms with E-state index in [1.165, 1.54) is 11.3 Å². The van der Waals surface area contributed by atoms with Gasteiger partial charge in [0.2, 0.25) is 0 Å². The average Bonchev–Trinajstić information content (AvgIpc) is 3.24. The van der Waals surface area contributed by atoms with Crippen molar-refractivity contribution in [2.75, 3.05) is 13.7 Å². The summed E-state index contributed by atoms with van der Waals surface area (Å²) in [6.45, 7) is 3.56. The van der Waals surface area contributed by atoms with Gasteiger partial charge in [-0.05, 0) is 31.2 Å². The van der Waals surface area contributed by atoms with Crippen molar-refractivity contribution in [2.24, 2.45) is 0 Å². The fraction of sp³-hybridized carbons (Fsp3) is 0.500. The monoisotopic (exact) mass is 335 g/mol. The molecule has 6 nitrogen and oxygen atoms in total. The second-order valence-electron chi connectivity index (χ2n) is 5.46. The lowest BCUT2D eigenvalue weighted by molar-refractivity contribution is -0.00948. The molecule has 1 N–H and O–H groups in total. The molecular weight excluding hydrogens is 314 g/mol. The Kier molecular flexibility index (Phi) is 4.97. The highest BCUT2D eigenvalue weighted by Gasteiger charge is 2.30. The van der Waals surface area contributed by atoms with Gasteiger partial charge in [0, 0.05) is 24.9 Å². The molecule has 1 aliphatic heterocycles. The first-order chi connectivity index (χ1) is 11.2. The van der Waals surface area contributed by atoms with Crippen molar-refractivity contribution >= 4 is 17.2 Å². The predicted octanol–water partition coefficient (Wildman–Crippen LogP) is 2.62. The number of hydrogen-bond acceptors (Lipinski definition) is 5. The standard InChI is InChI=1S/C16H21N3O3S/c1-3-19-10-11(9-17-19)14-12(5-4-7-22-14)18-16(20)15-13(21-2)6-8-23-15/h6,8-10,12,14H,3-5,7H2,1-2H3,(H,18,20)/t12-,14+/m0/s1. The van der Waals surface area contributed by atoms with Crippen LogP contribution in [0.2, 0.25) is 0 Å². The Morgan fingerprint density at radius 3 is 3.22 bits per heavy atom. The largest absolute Gasteiger partial charge is 0.495 e. The number of rotatable bonds is 5. The maximum atomic E-state index is 12.5. The Morgan fingerprint density at radius 2 is 2.48 bits per heavy atom. The van der Waals surface area contributed by atoms with E-state index in [1.807, 2.05) is 29.4 Å². The van der Waals surface area contributed by atoms with Crippen molar-refractivity contribution in [2.45, 2.75) is 38.5 Å². The fourth-order valence-electron chi connectivity index (χ4n) is 2.81. The van der Waals surface area contributed by atoms with Crippen LogP contribution in [0.15, 0.2) is 23.8 Å². The third kappa shape index (κ3) is 3.40. The maximum absolute atomic E-state index is 12.5. The van der Waals surface area contributed by atoms with E-state index in [0.29, 0.717) is 17.2 Å². The molecule has 0 aliphatic carbocycles. The van der Waals surface area contributed by atoms with E-state index < -0.39 is 0 Å². The highest BCUT2D eigenvalue weighted by atomic mass is 32.1. The molecule has 124 valence electrons. The molecule has 1 fully saturated rings. The number of aryl methyl sites for hydroxylation is 1. The van der Waals surface area contributed by atoms with Crippen LogP contribution in [-0.2, 0) is 11.3 Å². The number of amides is 1. The molecule has 7 heteroatoms. The predicted molar refractivity (Wildman–Crippen MR) is 88.0 cm³/mol. The zero-order chi connectivity index (χ0) is 16.2. The third-order valence-electron chi connectivity index (χ3n) is 4.00. The number of methoxy groups -OCH3 is 1. The lowest BCUT2D eigenvalue weighted by Gasteiger charge is -2.31. The minimum Gasteiger partial charge on any atom is -0.495 e. The van der Waals surface area contributed by atoms with Gasteiger partial charge in [0.25, 0.3) is 5.91 Å². The minimum atomic E-state index is -0.154. The molecular formula is C16H21N3O3S. The van der Waals surface area contributed by atoms with Crippen LogP contribution in [0.25, 0.3) is 0 Å². The van der Waals surface area contributed by atoms with Crippen LogP contribution in [0.3, 0.4) is 0 Å². The molecule has 0 saturated carbocycles. The van der Waals surface area contributed by atoms with Crippen molar-refractivity contribution in [3.63, 3.8) is 0 Å². The van der Waals surface area contributed by atoms with Crippen molar-refractivity contribution in [3.05, 3.63) is 34.3 Å². The van der Waals surface area contributed by atoms with Crippen LogP contribution in [0.5, 0.6) is 5.75 Å². The van der Waals surface area contributed by atoms with Gasteiger partial charge in [-0.15, -0.1) is 11.3 Å². The molecule has 0 radical (unpaired) electrons. The molecule has 3 heterocycles. The Labute approximate surface area is 139 Å². The lowest BCUT2D eigenvalue weighted by atomic mass is 9.98. The van der Waals surface area contributed by atoms with Crippen molar-refractivity contribution in [1.29, 1.82) is 0 Å². The van der Waals surface area contributed by atoms with E-state index in [2.05, 4.69) is 10.4 Å². The molecule has 3 rings (SSSR count). The van der Waals surface area contributed by atoms with Crippen LogP contribution < -0.4 is 10.1 Å². The number of thiophene rings is 1. The first kappa shape index (κ1) is 16.0. The van der Waals surface area contributed by atoms with Crippen molar-refractivity contribution in [3.8, 4) is 5.75 Å². The average molecular weight is 335 g/mol. The summed E-state index contributed by atoms with van der Waals surface area (Å²) in [4.78, 5) is 13.1. The molecule has 2 aromatic rings. The summed E-state index contributed by atoms with van der Waals surface area (Å²) in [5.41, 5.74) is 1.01. The molecule has 1 aliphatic rings. The zero-order valence-corrected chi connectivity index (χ0v) is 14.1. The maximum Gasteiger partial charge on any atom is 0.265 e. The van der Waals surface area contributed by atoms with E-state index >= 15 is 0 Å². The molecule has 2 aromatic heterocycles. The van der Waals surface area contributed by atoms with E-state index in [9.17, 15) is 4.79 Å². The molecule has 2 atom stereocenters. The van der Waals surface area contributed by atoms with Crippen LogP contribution in [0, 0.1) is 0 Å². The molecule has 0 spiro atoms. The minimum absolute atomic E-state index is 0.0578. The summed E-state index contributed by atoms with van der Waals surface area (Å²) < 4.78 is 13.0. The number of ether oxygens (including phenoxy) is 2. The molecule has 1 saturated heterocycles. The fourth-order valence-corrected chi connectivity index (χ4v) is 3.58. The first-order valence-corrected chi connectivity index (χ1v) is 8.67. The second kappa shape index (κ2) is 7.14. The Bertz CT molecular complexity index is 667. The highest BCUT2D eigenvalue weighted by molar-refractivity contribution is 7.12. The number of hydrogen-bond donors (Lipinski definition) is 1. The van der Waals surface area contributed by atoms with Gasteiger partial charge in [0.15, 0.2) is 0 Å².